The van der Waals surface area contributed by atoms with Crippen molar-refractivity contribution in [1.29, 1.82) is 0 Å². The summed E-state index contributed by atoms with van der Waals surface area (Å²) < 4.78 is 14.1. The van der Waals surface area contributed by atoms with E-state index in [9.17, 15) is 0 Å². The van der Waals surface area contributed by atoms with Crippen molar-refractivity contribution >= 4 is 71.7 Å². The molecule has 0 spiro atoms. The van der Waals surface area contributed by atoms with Crippen molar-refractivity contribution in [2.45, 2.75) is 19.3 Å². The van der Waals surface area contributed by atoms with Gasteiger partial charge >= 0.3 is 0 Å². The van der Waals surface area contributed by atoms with Gasteiger partial charge in [-0.3, -0.25) is 0 Å². The van der Waals surface area contributed by atoms with E-state index in [-0.39, 0.29) is 5.41 Å². The highest BCUT2D eigenvalue weighted by molar-refractivity contribution is 6.24. The number of para-hydroxylation sites is 2. The van der Waals surface area contributed by atoms with Gasteiger partial charge in [0.1, 0.15) is 22.3 Å². The van der Waals surface area contributed by atoms with Crippen LogP contribution in [0.4, 0.5) is 17.1 Å². The van der Waals surface area contributed by atoms with Crippen molar-refractivity contribution in [3.05, 3.63) is 248 Å². The lowest BCUT2D eigenvalue weighted by Crippen LogP contribution is -2.16. The third-order valence-corrected chi connectivity index (χ3v) is 14.8. The van der Waals surface area contributed by atoms with Gasteiger partial charge in [0, 0.05) is 43.9 Å². The predicted octanol–water partition coefficient (Wildman–Crippen LogP) is 19.1. The van der Waals surface area contributed by atoms with Gasteiger partial charge in [0.2, 0.25) is 0 Å². The van der Waals surface area contributed by atoms with Crippen LogP contribution in [0.2, 0.25) is 0 Å². The van der Waals surface area contributed by atoms with E-state index < -0.39 is 0 Å². The van der Waals surface area contributed by atoms with Gasteiger partial charge < -0.3 is 13.7 Å². The number of hydrogen-bond acceptors (Lipinski definition) is 3. The molecule has 0 unspecified atom stereocenters. The maximum Gasteiger partial charge on any atom is 0.143 e. The first-order valence-corrected chi connectivity index (χ1v) is 24.2. The predicted molar refractivity (Wildman–Crippen MR) is 292 cm³/mol. The van der Waals surface area contributed by atoms with Gasteiger partial charge in [-0.05, 0) is 133 Å². The average Bonchev–Trinajstić information content (AvgIpc) is 4.07. The molecule has 0 saturated carbocycles. The summed E-state index contributed by atoms with van der Waals surface area (Å²) in [6, 6.07) is 85.4. The molecular formula is C67H45NO2. The third kappa shape index (κ3) is 6.15. The van der Waals surface area contributed by atoms with Crippen LogP contribution in [0, 0.1) is 0 Å². The number of hydrogen-bond donors (Lipinski definition) is 0. The Labute approximate surface area is 406 Å². The lowest BCUT2D eigenvalue weighted by molar-refractivity contribution is 0.660. The van der Waals surface area contributed by atoms with E-state index in [0.29, 0.717) is 0 Å². The van der Waals surface area contributed by atoms with E-state index in [1.54, 1.807) is 0 Å². The van der Waals surface area contributed by atoms with Gasteiger partial charge in [-0.25, -0.2) is 0 Å². The molecule has 0 radical (unpaired) electrons. The fourth-order valence-corrected chi connectivity index (χ4v) is 11.6. The first-order chi connectivity index (χ1) is 34.5. The highest BCUT2D eigenvalue weighted by Gasteiger charge is 2.36. The zero-order chi connectivity index (χ0) is 46.5. The lowest BCUT2D eigenvalue weighted by atomic mass is 9.82. The van der Waals surface area contributed by atoms with E-state index in [1.165, 1.54) is 44.5 Å². The molecule has 330 valence electrons. The number of nitrogens with zero attached hydrogens (tertiary/aromatic N) is 1. The van der Waals surface area contributed by atoms with Crippen molar-refractivity contribution in [2.75, 3.05) is 4.90 Å². The minimum absolute atomic E-state index is 0.151. The number of fused-ring (bicyclic) bond motifs is 11. The largest absolute Gasteiger partial charge is 0.455 e. The van der Waals surface area contributed by atoms with Crippen molar-refractivity contribution in [2.24, 2.45) is 0 Å². The molecule has 70 heavy (non-hydrogen) atoms. The SMILES string of the molecule is CC1(C)c2ccccc2-c2ccc(N(c3ccccc3)c3cccc4oc5c6ccccc6c(-c6cccc7c6oc6cccc(-c8cc(-c9ccccc9)cc(-c9ccccc9)c8)c67)cc5c34)cc21. The number of furan rings is 2. The van der Waals surface area contributed by atoms with Crippen LogP contribution >= 0.6 is 0 Å². The Balaban J connectivity index is 0.984. The minimum Gasteiger partial charge on any atom is -0.455 e. The standard InChI is InChI=1S/C67H45NO2/c1-67(2)58-31-15-14-26-51(58)52-36-35-48(40-59(52)67)68(47-23-10-5-11-24-47)60-32-18-34-62-64(60)57-41-56(50-25-12-13-27-53(50)66(57)70-62)54-29-16-30-55-63-49(28-17-33-61(63)69-65(54)55)46-38-44(42-19-6-3-7-20-42)37-45(39-46)43-21-8-4-9-22-43/h3-41H,1-2H3. The lowest BCUT2D eigenvalue weighted by Gasteiger charge is -2.28. The number of rotatable bonds is 7. The molecule has 0 aliphatic heterocycles. The summed E-state index contributed by atoms with van der Waals surface area (Å²) in [5.74, 6) is 0. The summed E-state index contributed by atoms with van der Waals surface area (Å²) in [4.78, 5) is 2.41. The number of anilines is 3. The third-order valence-electron chi connectivity index (χ3n) is 14.8. The first kappa shape index (κ1) is 40.2. The van der Waals surface area contributed by atoms with Gasteiger partial charge in [0.05, 0.1) is 11.1 Å². The molecule has 1 aliphatic rings. The fourth-order valence-electron chi connectivity index (χ4n) is 11.6. The Hall–Kier alpha value is -8.92. The topological polar surface area (TPSA) is 29.5 Å². The normalized spacial score (nSPS) is 12.8. The zero-order valence-corrected chi connectivity index (χ0v) is 38.8. The fraction of sp³-hybridized carbons (Fsp3) is 0.0448. The second kappa shape index (κ2) is 15.6. The van der Waals surface area contributed by atoms with Gasteiger partial charge in [-0.1, -0.05) is 184 Å². The first-order valence-electron chi connectivity index (χ1n) is 24.2. The highest BCUT2D eigenvalue weighted by atomic mass is 16.3. The molecule has 0 saturated heterocycles. The quantitative estimate of drug-likeness (QED) is 0.160. The monoisotopic (exact) mass is 895 g/mol. The van der Waals surface area contributed by atoms with Crippen molar-refractivity contribution in [3.63, 3.8) is 0 Å². The van der Waals surface area contributed by atoms with E-state index in [2.05, 4.69) is 255 Å². The van der Waals surface area contributed by atoms with Crippen LogP contribution in [0.5, 0.6) is 0 Å². The van der Waals surface area contributed by atoms with Crippen LogP contribution in [-0.2, 0) is 5.41 Å². The number of benzene rings is 11. The Morgan fingerprint density at radius 2 is 0.871 bits per heavy atom. The molecule has 3 heteroatoms. The Kier molecular flexibility index (Phi) is 8.93. The Bertz CT molecular complexity index is 4140. The van der Waals surface area contributed by atoms with Gasteiger partial charge in [-0.15, -0.1) is 0 Å². The minimum atomic E-state index is -0.151. The van der Waals surface area contributed by atoms with Crippen LogP contribution < -0.4 is 4.90 Å². The van der Waals surface area contributed by atoms with Crippen molar-refractivity contribution in [1.82, 2.24) is 0 Å². The van der Waals surface area contributed by atoms with Crippen molar-refractivity contribution in [3.8, 4) is 55.6 Å². The van der Waals surface area contributed by atoms with Crippen LogP contribution in [-0.4, -0.2) is 0 Å². The molecular weight excluding hydrogens is 851 g/mol. The smallest absolute Gasteiger partial charge is 0.143 e. The van der Waals surface area contributed by atoms with E-state index in [4.69, 9.17) is 8.83 Å². The summed E-state index contributed by atoms with van der Waals surface area (Å²) in [7, 11) is 0. The molecule has 0 atom stereocenters. The molecule has 2 aromatic heterocycles. The highest BCUT2D eigenvalue weighted by Crippen LogP contribution is 2.53. The van der Waals surface area contributed by atoms with E-state index >= 15 is 0 Å². The molecule has 13 aromatic rings. The molecule has 3 nitrogen and oxygen atoms in total. The van der Waals surface area contributed by atoms with Gasteiger partial charge in [-0.2, -0.15) is 0 Å². The molecule has 14 rings (SSSR count). The maximum atomic E-state index is 7.08. The summed E-state index contributed by atoms with van der Waals surface area (Å²) >= 11 is 0. The summed E-state index contributed by atoms with van der Waals surface area (Å²) in [6.45, 7) is 4.69. The van der Waals surface area contributed by atoms with Crippen LogP contribution in [0.3, 0.4) is 0 Å². The van der Waals surface area contributed by atoms with E-state index in [1.807, 2.05) is 0 Å². The van der Waals surface area contributed by atoms with Crippen LogP contribution in [0.15, 0.2) is 245 Å². The zero-order valence-electron chi connectivity index (χ0n) is 38.8. The molecule has 1 aliphatic carbocycles. The average molecular weight is 896 g/mol. The second-order valence-corrected chi connectivity index (χ2v) is 19.2. The van der Waals surface area contributed by atoms with Crippen molar-refractivity contribution < 1.29 is 8.83 Å². The molecule has 0 N–H and O–H groups in total. The summed E-state index contributed by atoms with van der Waals surface area (Å²) in [5, 5.41) is 6.45. The Morgan fingerprint density at radius 3 is 1.63 bits per heavy atom. The maximum absolute atomic E-state index is 7.08. The molecule has 2 heterocycles. The van der Waals surface area contributed by atoms with Crippen LogP contribution in [0.25, 0.3) is 110 Å². The van der Waals surface area contributed by atoms with Crippen LogP contribution in [0.1, 0.15) is 25.0 Å². The molecule has 11 aromatic carbocycles. The van der Waals surface area contributed by atoms with E-state index in [0.717, 1.165) is 94.0 Å². The molecule has 0 amide bonds. The summed E-state index contributed by atoms with van der Waals surface area (Å²) in [5.41, 5.74) is 20.9. The van der Waals surface area contributed by atoms with Gasteiger partial charge in [0.15, 0.2) is 0 Å². The molecule has 0 bridgehead atoms. The summed E-state index contributed by atoms with van der Waals surface area (Å²) in [6.07, 6.45) is 0. The molecule has 0 fully saturated rings. The second-order valence-electron chi connectivity index (χ2n) is 19.2. The Morgan fingerprint density at radius 1 is 0.314 bits per heavy atom. The van der Waals surface area contributed by atoms with Gasteiger partial charge in [0.25, 0.3) is 0 Å².